The van der Waals surface area contributed by atoms with Gasteiger partial charge in [0.05, 0.1) is 13.2 Å². The monoisotopic (exact) mass is 328 g/mol. The van der Waals surface area contributed by atoms with Crippen LogP contribution in [0.1, 0.15) is 78.6 Å². The summed E-state index contributed by atoms with van der Waals surface area (Å²) in [5.41, 5.74) is 0. The molecule has 0 radical (unpaired) electrons. The second kappa shape index (κ2) is 14.2. The summed E-state index contributed by atoms with van der Waals surface area (Å²) in [5, 5.41) is 0. The third kappa shape index (κ3) is 11.8. The Balaban J connectivity index is 3.72. The Morgan fingerprint density at radius 3 is 2.00 bits per heavy atom. The van der Waals surface area contributed by atoms with Crippen LogP contribution in [0, 0.1) is 5.92 Å². The fourth-order valence-electron chi connectivity index (χ4n) is 2.23. The highest BCUT2D eigenvalue weighted by molar-refractivity contribution is 5.97. The largest absolute Gasteiger partial charge is 0.466 e. The van der Waals surface area contributed by atoms with Crippen LogP contribution < -0.4 is 0 Å². The van der Waals surface area contributed by atoms with E-state index in [0.29, 0.717) is 26.1 Å². The van der Waals surface area contributed by atoms with Gasteiger partial charge in [-0.1, -0.05) is 39.5 Å². The Morgan fingerprint density at radius 2 is 1.39 bits per heavy atom. The minimum Gasteiger partial charge on any atom is -0.466 e. The molecule has 0 aromatic rings. The van der Waals surface area contributed by atoms with Gasteiger partial charge in [-0.15, -0.1) is 0 Å². The molecule has 0 saturated carbocycles. The van der Waals surface area contributed by atoms with Crippen molar-refractivity contribution >= 4 is 17.7 Å². The van der Waals surface area contributed by atoms with E-state index in [-0.39, 0.29) is 11.8 Å². The number of unbranched alkanes of at least 4 members (excludes halogenated alkanes) is 4. The number of carbonyl (C=O) groups excluding carboxylic acids is 3. The van der Waals surface area contributed by atoms with Gasteiger partial charge in [0.25, 0.3) is 0 Å². The smallest absolute Gasteiger partial charge is 0.316 e. The standard InChI is InChI=1S/C18H32O5/c1-4-13-22-17(20)12-10-8-6-7-9-11-16(15(3)19)18(21)23-14-5-2/h16H,4-14H2,1-3H3. The topological polar surface area (TPSA) is 69.7 Å². The van der Waals surface area contributed by atoms with Crippen molar-refractivity contribution in [2.24, 2.45) is 5.92 Å². The zero-order chi connectivity index (χ0) is 17.5. The van der Waals surface area contributed by atoms with E-state index in [2.05, 4.69) is 0 Å². The molecule has 0 aliphatic rings. The first-order valence-electron chi connectivity index (χ1n) is 8.85. The highest BCUT2D eigenvalue weighted by atomic mass is 16.5. The number of ketones is 1. The highest BCUT2D eigenvalue weighted by Crippen LogP contribution is 2.15. The summed E-state index contributed by atoms with van der Waals surface area (Å²) in [6.07, 6.45) is 7.20. The lowest BCUT2D eigenvalue weighted by atomic mass is 9.97. The molecule has 0 aromatic heterocycles. The van der Waals surface area contributed by atoms with Crippen molar-refractivity contribution in [1.29, 1.82) is 0 Å². The van der Waals surface area contributed by atoms with Crippen LogP contribution in [0.25, 0.3) is 0 Å². The molecule has 0 fully saturated rings. The van der Waals surface area contributed by atoms with Gasteiger partial charge in [0.2, 0.25) is 0 Å². The van der Waals surface area contributed by atoms with Crippen molar-refractivity contribution < 1.29 is 23.9 Å². The predicted octanol–water partition coefficient (Wildman–Crippen LogP) is 3.83. The van der Waals surface area contributed by atoms with Gasteiger partial charge in [-0.05, 0) is 32.6 Å². The maximum absolute atomic E-state index is 11.8. The molecule has 0 amide bonds. The van der Waals surface area contributed by atoms with E-state index in [9.17, 15) is 14.4 Å². The third-order valence-electron chi connectivity index (χ3n) is 3.56. The van der Waals surface area contributed by atoms with Crippen molar-refractivity contribution in [3.8, 4) is 0 Å². The maximum atomic E-state index is 11.8. The molecule has 0 spiro atoms. The SMILES string of the molecule is CCCOC(=O)CCCCCCCC(C(C)=O)C(=O)OCCC. The van der Waals surface area contributed by atoms with E-state index in [4.69, 9.17) is 9.47 Å². The summed E-state index contributed by atoms with van der Waals surface area (Å²) >= 11 is 0. The normalized spacial score (nSPS) is 11.8. The summed E-state index contributed by atoms with van der Waals surface area (Å²) in [4.78, 5) is 34.6. The molecule has 134 valence electrons. The number of carbonyl (C=O) groups is 3. The number of hydrogen-bond donors (Lipinski definition) is 0. The number of esters is 2. The fraction of sp³-hybridized carbons (Fsp3) is 0.833. The second-order valence-corrected chi connectivity index (χ2v) is 5.86. The van der Waals surface area contributed by atoms with Crippen LogP contribution in [0.15, 0.2) is 0 Å². The van der Waals surface area contributed by atoms with E-state index >= 15 is 0 Å². The first-order chi connectivity index (χ1) is 11.0. The molecule has 1 unspecified atom stereocenters. The highest BCUT2D eigenvalue weighted by Gasteiger charge is 2.23. The molecule has 5 nitrogen and oxygen atoms in total. The van der Waals surface area contributed by atoms with Gasteiger partial charge >= 0.3 is 11.9 Å². The molecule has 5 heteroatoms. The molecule has 0 N–H and O–H groups in total. The lowest BCUT2D eigenvalue weighted by Crippen LogP contribution is -2.24. The summed E-state index contributed by atoms with van der Waals surface area (Å²) in [6, 6.07) is 0. The van der Waals surface area contributed by atoms with Gasteiger partial charge in [-0.25, -0.2) is 0 Å². The Morgan fingerprint density at radius 1 is 0.826 bits per heavy atom. The molecular formula is C18H32O5. The molecule has 0 rings (SSSR count). The van der Waals surface area contributed by atoms with Crippen LogP contribution in [0.5, 0.6) is 0 Å². The van der Waals surface area contributed by atoms with Crippen LogP contribution in [-0.2, 0) is 23.9 Å². The Labute approximate surface area is 140 Å². The van der Waals surface area contributed by atoms with E-state index in [1.54, 1.807) is 0 Å². The summed E-state index contributed by atoms with van der Waals surface area (Å²) < 4.78 is 10.1. The maximum Gasteiger partial charge on any atom is 0.316 e. The quantitative estimate of drug-likeness (QED) is 0.275. The molecule has 0 aliphatic heterocycles. The lowest BCUT2D eigenvalue weighted by molar-refractivity contribution is -0.152. The summed E-state index contributed by atoms with van der Waals surface area (Å²) in [6.45, 7) is 6.21. The zero-order valence-electron chi connectivity index (χ0n) is 14.9. The molecule has 1 atom stereocenters. The van der Waals surface area contributed by atoms with Gasteiger partial charge in [-0.2, -0.15) is 0 Å². The van der Waals surface area contributed by atoms with Crippen molar-refractivity contribution in [3.05, 3.63) is 0 Å². The van der Waals surface area contributed by atoms with E-state index < -0.39 is 11.9 Å². The number of ether oxygens (including phenoxy) is 2. The Kier molecular flexibility index (Phi) is 13.4. The first-order valence-corrected chi connectivity index (χ1v) is 8.85. The molecule has 0 bridgehead atoms. The van der Waals surface area contributed by atoms with Gasteiger partial charge < -0.3 is 9.47 Å². The van der Waals surface area contributed by atoms with Crippen LogP contribution >= 0.6 is 0 Å². The van der Waals surface area contributed by atoms with Crippen LogP contribution in [0.4, 0.5) is 0 Å². The Hall–Kier alpha value is -1.39. The molecule has 0 aromatic carbocycles. The molecular weight excluding hydrogens is 296 g/mol. The number of rotatable bonds is 14. The third-order valence-corrected chi connectivity index (χ3v) is 3.56. The van der Waals surface area contributed by atoms with Gasteiger partial charge in [0, 0.05) is 6.42 Å². The van der Waals surface area contributed by atoms with Crippen molar-refractivity contribution in [1.82, 2.24) is 0 Å². The van der Waals surface area contributed by atoms with E-state index in [1.807, 2.05) is 13.8 Å². The van der Waals surface area contributed by atoms with E-state index in [1.165, 1.54) is 6.92 Å². The average molecular weight is 328 g/mol. The van der Waals surface area contributed by atoms with E-state index in [0.717, 1.165) is 44.9 Å². The van der Waals surface area contributed by atoms with Crippen LogP contribution in [0.3, 0.4) is 0 Å². The average Bonchev–Trinajstić information content (AvgIpc) is 2.52. The molecule has 0 saturated heterocycles. The molecule has 0 aliphatic carbocycles. The second-order valence-electron chi connectivity index (χ2n) is 5.86. The van der Waals surface area contributed by atoms with Crippen LogP contribution in [0.2, 0.25) is 0 Å². The predicted molar refractivity (Wildman–Crippen MR) is 89.0 cm³/mol. The summed E-state index contributed by atoms with van der Waals surface area (Å²) in [5.74, 6) is -1.25. The van der Waals surface area contributed by atoms with Crippen molar-refractivity contribution in [2.45, 2.75) is 78.6 Å². The van der Waals surface area contributed by atoms with Crippen molar-refractivity contribution in [2.75, 3.05) is 13.2 Å². The molecule has 23 heavy (non-hydrogen) atoms. The van der Waals surface area contributed by atoms with Crippen molar-refractivity contribution in [3.63, 3.8) is 0 Å². The van der Waals surface area contributed by atoms with Gasteiger partial charge in [0.15, 0.2) is 0 Å². The van der Waals surface area contributed by atoms with Crippen LogP contribution in [-0.4, -0.2) is 30.9 Å². The van der Waals surface area contributed by atoms with Gasteiger partial charge in [-0.3, -0.25) is 14.4 Å². The van der Waals surface area contributed by atoms with Gasteiger partial charge in [0.1, 0.15) is 11.7 Å². The lowest BCUT2D eigenvalue weighted by Gasteiger charge is -2.12. The zero-order valence-corrected chi connectivity index (χ0v) is 14.9. The first kappa shape index (κ1) is 21.6. The Bertz CT molecular complexity index is 351. The number of Topliss-reactive ketones (excluding diaryl/α,β-unsaturated/α-hetero) is 1. The molecule has 0 heterocycles. The summed E-state index contributed by atoms with van der Waals surface area (Å²) in [7, 11) is 0. The minimum atomic E-state index is -0.620. The minimum absolute atomic E-state index is 0.121. The number of hydrogen-bond acceptors (Lipinski definition) is 5. The fourth-order valence-corrected chi connectivity index (χ4v) is 2.23.